The van der Waals surface area contributed by atoms with Gasteiger partial charge in [-0.05, 0) is 94.7 Å². The molecule has 1 aliphatic carbocycles. The number of nitrogens with zero attached hydrogens (tertiary/aromatic N) is 2. The third-order valence-corrected chi connectivity index (χ3v) is 7.56. The minimum atomic E-state index is -0.0733. The summed E-state index contributed by atoms with van der Waals surface area (Å²) in [6, 6.07) is 0.0964. The maximum absolute atomic E-state index is 13.2. The quantitative estimate of drug-likeness (QED) is 0.342. The molecule has 3 rings (SSSR count). The van der Waals surface area contributed by atoms with Crippen LogP contribution in [0.2, 0.25) is 0 Å². The molecular weight excluding hydrogens is 446 g/mol. The summed E-state index contributed by atoms with van der Waals surface area (Å²) in [5, 5.41) is 3.18. The topological polar surface area (TPSA) is 52.7 Å². The molecular formula is C31H45N3O2. The largest absolute Gasteiger partial charge is 0.349 e. The van der Waals surface area contributed by atoms with Crippen molar-refractivity contribution in [3.05, 3.63) is 71.4 Å². The van der Waals surface area contributed by atoms with Gasteiger partial charge in [0.2, 0.25) is 5.91 Å². The first-order valence-corrected chi connectivity index (χ1v) is 13.8. The second kappa shape index (κ2) is 14.2. The summed E-state index contributed by atoms with van der Waals surface area (Å²) in [6.45, 7) is 14.5. The van der Waals surface area contributed by atoms with Gasteiger partial charge in [-0.3, -0.25) is 14.5 Å². The predicted molar refractivity (Wildman–Crippen MR) is 149 cm³/mol. The van der Waals surface area contributed by atoms with Crippen molar-refractivity contribution in [2.45, 2.75) is 71.8 Å². The van der Waals surface area contributed by atoms with Gasteiger partial charge in [0.1, 0.15) is 0 Å². The average molecular weight is 492 g/mol. The first-order chi connectivity index (χ1) is 17.4. The fourth-order valence-electron chi connectivity index (χ4n) is 5.40. The van der Waals surface area contributed by atoms with Gasteiger partial charge in [0, 0.05) is 37.2 Å². The molecule has 0 atom stereocenters. The fourth-order valence-corrected chi connectivity index (χ4v) is 5.40. The minimum absolute atomic E-state index is 0.0733. The lowest BCUT2D eigenvalue weighted by molar-refractivity contribution is -0.138. The zero-order chi connectivity index (χ0) is 25.9. The van der Waals surface area contributed by atoms with Crippen LogP contribution in [0.4, 0.5) is 0 Å². The number of hydrogen-bond acceptors (Lipinski definition) is 3. The number of piperidine rings is 2. The highest BCUT2D eigenvalue weighted by molar-refractivity contribution is 5.97. The Labute approximate surface area is 218 Å². The highest BCUT2D eigenvalue weighted by Crippen LogP contribution is 2.24. The van der Waals surface area contributed by atoms with Crippen molar-refractivity contribution in [1.29, 1.82) is 0 Å². The van der Waals surface area contributed by atoms with Crippen LogP contribution in [-0.4, -0.2) is 60.4 Å². The summed E-state index contributed by atoms with van der Waals surface area (Å²) in [4.78, 5) is 30.6. The Morgan fingerprint density at radius 3 is 2.39 bits per heavy atom. The van der Waals surface area contributed by atoms with E-state index in [1.165, 1.54) is 11.1 Å². The smallest absolute Gasteiger partial charge is 0.251 e. The lowest BCUT2D eigenvalue weighted by atomic mass is 9.93. The van der Waals surface area contributed by atoms with Crippen LogP contribution in [0.5, 0.6) is 0 Å². The molecule has 0 bridgehead atoms. The number of carbonyl (C=O) groups excluding carboxylic acids is 2. The zero-order valence-electron chi connectivity index (χ0n) is 22.6. The van der Waals surface area contributed by atoms with E-state index in [0.717, 1.165) is 83.2 Å². The molecule has 0 unspecified atom stereocenters. The molecule has 2 fully saturated rings. The van der Waals surface area contributed by atoms with E-state index >= 15 is 0 Å². The Kier molecular flexibility index (Phi) is 11.0. The number of likely N-dealkylation sites (tertiary alicyclic amines) is 2. The third-order valence-electron chi connectivity index (χ3n) is 7.56. The van der Waals surface area contributed by atoms with E-state index in [0.29, 0.717) is 11.5 Å². The van der Waals surface area contributed by atoms with Crippen molar-refractivity contribution in [1.82, 2.24) is 15.1 Å². The Morgan fingerprint density at radius 2 is 1.78 bits per heavy atom. The zero-order valence-corrected chi connectivity index (χ0v) is 22.6. The molecule has 0 aromatic rings. The molecule has 5 heteroatoms. The highest BCUT2D eigenvalue weighted by Gasteiger charge is 2.31. The Bertz CT molecular complexity index is 937. The van der Waals surface area contributed by atoms with E-state index in [2.05, 4.69) is 67.9 Å². The molecule has 2 heterocycles. The molecule has 3 aliphatic rings. The number of allylic oxidation sites excluding steroid dienone is 7. The van der Waals surface area contributed by atoms with Crippen molar-refractivity contribution >= 4 is 11.8 Å². The number of rotatable bonds is 9. The van der Waals surface area contributed by atoms with Gasteiger partial charge in [-0.25, -0.2) is 0 Å². The van der Waals surface area contributed by atoms with Crippen LogP contribution in [0, 0.1) is 5.92 Å². The van der Waals surface area contributed by atoms with E-state index in [9.17, 15) is 9.59 Å². The Morgan fingerprint density at radius 1 is 1.08 bits per heavy atom. The Balaban J connectivity index is 1.44. The van der Waals surface area contributed by atoms with Crippen LogP contribution >= 0.6 is 0 Å². The normalized spacial score (nSPS) is 21.4. The summed E-state index contributed by atoms with van der Waals surface area (Å²) in [6.07, 6.45) is 21.2. The predicted octanol–water partition coefficient (Wildman–Crippen LogP) is 5.50. The van der Waals surface area contributed by atoms with E-state index in [1.54, 1.807) is 6.08 Å². The molecule has 2 saturated heterocycles. The van der Waals surface area contributed by atoms with Crippen molar-refractivity contribution in [3.8, 4) is 0 Å². The van der Waals surface area contributed by atoms with Gasteiger partial charge < -0.3 is 10.2 Å². The van der Waals surface area contributed by atoms with E-state index in [4.69, 9.17) is 0 Å². The first-order valence-electron chi connectivity index (χ1n) is 13.8. The maximum Gasteiger partial charge on any atom is 0.251 e. The van der Waals surface area contributed by atoms with E-state index in [-0.39, 0.29) is 17.9 Å². The first kappa shape index (κ1) is 27.9. The van der Waals surface area contributed by atoms with Crippen LogP contribution in [-0.2, 0) is 9.59 Å². The summed E-state index contributed by atoms with van der Waals surface area (Å²) in [5.41, 5.74) is 4.29. The van der Waals surface area contributed by atoms with E-state index in [1.807, 2.05) is 11.0 Å². The fraction of sp³-hybridized carbons (Fsp3) is 0.548. The van der Waals surface area contributed by atoms with Gasteiger partial charge in [0.15, 0.2) is 0 Å². The number of hydrogen-bond donors (Lipinski definition) is 1. The van der Waals surface area contributed by atoms with Gasteiger partial charge in [-0.2, -0.15) is 0 Å². The SMILES string of the molecule is C=C/C(=C\C1=CCCC=C1C)C(=O)NC1CCN(C(=O)C2CCN(CC(/C=C\C)=C/CC)CC2)CC1. The van der Waals surface area contributed by atoms with Gasteiger partial charge in [0.05, 0.1) is 0 Å². The molecule has 0 aromatic heterocycles. The van der Waals surface area contributed by atoms with Crippen LogP contribution < -0.4 is 5.32 Å². The van der Waals surface area contributed by atoms with E-state index < -0.39 is 0 Å². The van der Waals surface area contributed by atoms with Crippen LogP contribution in [0.3, 0.4) is 0 Å². The summed E-state index contributed by atoms with van der Waals surface area (Å²) in [5.74, 6) is 0.356. The number of nitrogens with one attached hydrogen (secondary N) is 1. The molecule has 5 nitrogen and oxygen atoms in total. The van der Waals surface area contributed by atoms with Gasteiger partial charge in [0.25, 0.3) is 5.91 Å². The standard InChI is InChI=1S/C31H45N3O2/c1-5-10-25(11-6-2)23-33-18-14-27(15-19-33)31(36)34-20-16-29(17-21-34)32-30(35)26(7-3)22-28-13-9-8-12-24(28)4/h5,7,10-13,22,27,29H,3,6,8-9,14-21,23H2,1-2,4H3,(H,32,35)/b10-5-,25-11+,26-22+. The maximum atomic E-state index is 13.2. The molecule has 2 aliphatic heterocycles. The number of carbonyl (C=O) groups is 2. The average Bonchev–Trinajstić information content (AvgIpc) is 2.89. The highest BCUT2D eigenvalue weighted by atomic mass is 16.2. The lowest BCUT2D eigenvalue weighted by Crippen LogP contribution is -2.49. The lowest BCUT2D eigenvalue weighted by Gasteiger charge is -2.37. The monoisotopic (exact) mass is 491 g/mol. The molecule has 0 radical (unpaired) electrons. The van der Waals surface area contributed by atoms with Crippen molar-refractivity contribution in [3.63, 3.8) is 0 Å². The number of amides is 2. The van der Waals surface area contributed by atoms with Crippen molar-refractivity contribution in [2.24, 2.45) is 5.92 Å². The van der Waals surface area contributed by atoms with Crippen molar-refractivity contribution < 1.29 is 9.59 Å². The second-order valence-electron chi connectivity index (χ2n) is 10.2. The molecule has 196 valence electrons. The summed E-state index contributed by atoms with van der Waals surface area (Å²) < 4.78 is 0. The summed E-state index contributed by atoms with van der Waals surface area (Å²) >= 11 is 0. The molecule has 0 spiro atoms. The van der Waals surface area contributed by atoms with Gasteiger partial charge >= 0.3 is 0 Å². The minimum Gasteiger partial charge on any atom is -0.349 e. The molecule has 2 amide bonds. The second-order valence-corrected chi connectivity index (χ2v) is 10.2. The molecule has 1 N–H and O–H groups in total. The molecule has 0 aromatic carbocycles. The van der Waals surface area contributed by atoms with Gasteiger partial charge in [-0.15, -0.1) is 0 Å². The van der Waals surface area contributed by atoms with Gasteiger partial charge in [-0.1, -0.05) is 50.0 Å². The van der Waals surface area contributed by atoms with Crippen molar-refractivity contribution in [2.75, 3.05) is 32.7 Å². The summed E-state index contributed by atoms with van der Waals surface area (Å²) in [7, 11) is 0. The molecule has 0 saturated carbocycles. The van der Waals surface area contributed by atoms with Crippen LogP contribution in [0.25, 0.3) is 0 Å². The van der Waals surface area contributed by atoms with Crippen LogP contribution in [0.1, 0.15) is 65.7 Å². The Hall–Kier alpha value is -2.66. The van der Waals surface area contributed by atoms with Crippen LogP contribution in [0.15, 0.2) is 71.4 Å². The molecule has 36 heavy (non-hydrogen) atoms. The third kappa shape index (κ3) is 7.92.